The van der Waals surface area contributed by atoms with Gasteiger partial charge < -0.3 is 20.3 Å². The maximum absolute atomic E-state index is 9.10. The van der Waals surface area contributed by atoms with Gasteiger partial charge in [0.2, 0.25) is 0 Å². The second kappa shape index (κ2) is 10.8. The van der Waals surface area contributed by atoms with Gasteiger partial charge in [0.1, 0.15) is 11.9 Å². The minimum absolute atomic E-state index is 0.0924. The zero-order chi connectivity index (χ0) is 18.7. The van der Waals surface area contributed by atoms with Crippen molar-refractivity contribution in [2.24, 2.45) is 0 Å². The minimum Gasteiger partial charge on any atom is -0.485 e. The summed E-state index contributed by atoms with van der Waals surface area (Å²) >= 11 is 0. The van der Waals surface area contributed by atoms with Gasteiger partial charge in [-0.2, -0.15) is 0 Å². The van der Waals surface area contributed by atoms with Crippen LogP contribution in [-0.4, -0.2) is 35.7 Å². The molecule has 0 unspecified atom stereocenters. The van der Waals surface area contributed by atoms with E-state index in [1.165, 1.54) is 11.1 Å². The highest BCUT2D eigenvalue weighted by molar-refractivity contribution is 6.27. The summed E-state index contributed by atoms with van der Waals surface area (Å²) in [6, 6.07) is 18.6. The monoisotopic (exact) mass is 345 g/mol. The average Bonchev–Trinajstić information content (AvgIpc) is 2.61. The highest BCUT2D eigenvalue weighted by Gasteiger charge is 2.13. The van der Waals surface area contributed by atoms with E-state index >= 15 is 0 Å². The Morgan fingerprint density at radius 2 is 1.56 bits per heavy atom. The van der Waals surface area contributed by atoms with E-state index in [4.69, 9.17) is 24.5 Å². The lowest BCUT2D eigenvalue weighted by Crippen LogP contribution is -2.16. The van der Waals surface area contributed by atoms with Crippen LogP contribution in [0.1, 0.15) is 23.7 Å². The van der Waals surface area contributed by atoms with Gasteiger partial charge in [0.05, 0.1) is 0 Å². The molecule has 0 aliphatic carbocycles. The number of carboxylic acid groups (broad SMARTS) is 2. The fourth-order valence-corrected chi connectivity index (χ4v) is 2.08. The molecule has 0 saturated heterocycles. The number of benzene rings is 2. The van der Waals surface area contributed by atoms with Crippen molar-refractivity contribution in [3.05, 3.63) is 65.7 Å². The molecular formula is C19H23NO5. The van der Waals surface area contributed by atoms with Crippen molar-refractivity contribution in [3.8, 4) is 5.75 Å². The lowest BCUT2D eigenvalue weighted by molar-refractivity contribution is -0.159. The van der Waals surface area contributed by atoms with Gasteiger partial charge in [0.25, 0.3) is 0 Å². The number of carbonyl (C=O) groups is 2. The van der Waals surface area contributed by atoms with Crippen LogP contribution in [0.25, 0.3) is 0 Å². The van der Waals surface area contributed by atoms with Gasteiger partial charge in [0, 0.05) is 6.42 Å². The maximum atomic E-state index is 9.10. The Bertz CT molecular complexity index is 661. The van der Waals surface area contributed by atoms with Crippen molar-refractivity contribution in [1.29, 1.82) is 0 Å². The predicted octanol–water partition coefficient (Wildman–Crippen LogP) is 2.88. The Labute approximate surface area is 147 Å². The van der Waals surface area contributed by atoms with Crippen LogP contribution in [0.5, 0.6) is 5.75 Å². The molecule has 0 amide bonds. The SMILES string of the molecule is CNCC[C@@H](Oc1ccccc1C)c1ccccc1.O=C(O)C(=O)O. The van der Waals surface area contributed by atoms with E-state index in [2.05, 4.69) is 42.6 Å². The molecule has 134 valence electrons. The number of para-hydroxylation sites is 1. The lowest BCUT2D eigenvalue weighted by Gasteiger charge is -2.20. The normalized spacial score (nSPS) is 11.0. The van der Waals surface area contributed by atoms with Crippen LogP contribution in [0, 0.1) is 6.92 Å². The second-order valence-corrected chi connectivity index (χ2v) is 5.29. The van der Waals surface area contributed by atoms with Crippen molar-refractivity contribution >= 4 is 11.9 Å². The fraction of sp³-hybridized carbons (Fsp3) is 0.263. The summed E-state index contributed by atoms with van der Waals surface area (Å²) in [5.41, 5.74) is 2.40. The van der Waals surface area contributed by atoms with Crippen LogP contribution in [0.3, 0.4) is 0 Å². The van der Waals surface area contributed by atoms with Crippen molar-refractivity contribution in [2.45, 2.75) is 19.4 Å². The number of carboxylic acids is 2. The topological polar surface area (TPSA) is 95.9 Å². The number of aliphatic carboxylic acids is 2. The largest absolute Gasteiger partial charge is 0.485 e. The summed E-state index contributed by atoms with van der Waals surface area (Å²) in [4.78, 5) is 18.2. The Kier molecular flexibility index (Phi) is 8.74. The first kappa shape index (κ1) is 20.2. The molecule has 0 aliphatic heterocycles. The van der Waals surface area contributed by atoms with E-state index in [9.17, 15) is 0 Å². The smallest absolute Gasteiger partial charge is 0.414 e. The van der Waals surface area contributed by atoms with Crippen molar-refractivity contribution in [3.63, 3.8) is 0 Å². The first-order valence-corrected chi connectivity index (χ1v) is 7.83. The van der Waals surface area contributed by atoms with Crippen LogP contribution in [0.15, 0.2) is 54.6 Å². The molecule has 2 rings (SSSR count). The molecule has 0 spiro atoms. The standard InChI is InChI=1S/C17H21NO.C2H2O4/c1-14-8-6-7-11-16(14)19-17(12-13-18-2)15-9-4-3-5-10-15;3-1(4)2(5)6/h3-11,17-18H,12-13H2,1-2H3;(H,3,4)(H,5,6)/t17-;/m1./s1. The summed E-state index contributed by atoms with van der Waals surface area (Å²) in [5, 5.41) is 18.0. The van der Waals surface area contributed by atoms with Crippen LogP contribution in [0.4, 0.5) is 0 Å². The fourth-order valence-electron chi connectivity index (χ4n) is 2.08. The Hall–Kier alpha value is -2.86. The molecule has 0 bridgehead atoms. The summed E-state index contributed by atoms with van der Waals surface area (Å²) < 4.78 is 6.19. The van der Waals surface area contributed by atoms with E-state index in [1.54, 1.807) is 0 Å². The first-order chi connectivity index (χ1) is 12.0. The Balaban J connectivity index is 0.000000450. The van der Waals surface area contributed by atoms with Crippen LogP contribution in [-0.2, 0) is 9.59 Å². The number of rotatable bonds is 6. The highest BCUT2D eigenvalue weighted by Crippen LogP contribution is 2.26. The van der Waals surface area contributed by atoms with E-state index < -0.39 is 11.9 Å². The molecule has 0 saturated carbocycles. The van der Waals surface area contributed by atoms with E-state index in [1.807, 2.05) is 31.3 Å². The minimum atomic E-state index is -1.82. The van der Waals surface area contributed by atoms with Crippen LogP contribution in [0.2, 0.25) is 0 Å². The van der Waals surface area contributed by atoms with Gasteiger partial charge in [0.15, 0.2) is 0 Å². The molecule has 2 aromatic rings. The van der Waals surface area contributed by atoms with Gasteiger partial charge >= 0.3 is 11.9 Å². The quantitative estimate of drug-likeness (QED) is 0.697. The Morgan fingerprint density at radius 3 is 2.08 bits per heavy atom. The zero-order valence-corrected chi connectivity index (χ0v) is 14.3. The number of aryl methyl sites for hydroxylation is 1. The lowest BCUT2D eigenvalue weighted by atomic mass is 10.1. The molecule has 0 radical (unpaired) electrons. The van der Waals surface area contributed by atoms with Gasteiger partial charge in [-0.1, -0.05) is 48.5 Å². The third-order valence-electron chi connectivity index (χ3n) is 3.37. The van der Waals surface area contributed by atoms with E-state index in [-0.39, 0.29) is 6.10 Å². The van der Waals surface area contributed by atoms with Crippen molar-refractivity contribution in [2.75, 3.05) is 13.6 Å². The molecule has 0 aliphatic rings. The second-order valence-electron chi connectivity index (χ2n) is 5.29. The Morgan fingerprint density at radius 1 is 1.00 bits per heavy atom. The molecule has 6 heteroatoms. The molecule has 0 fully saturated rings. The number of hydrogen-bond donors (Lipinski definition) is 3. The van der Waals surface area contributed by atoms with Gasteiger partial charge in [-0.05, 0) is 37.7 Å². The van der Waals surface area contributed by atoms with Crippen LogP contribution < -0.4 is 10.1 Å². The van der Waals surface area contributed by atoms with E-state index in [0.717, 1.165) is 18.7 Å². The molecular weight excluding hydrogens is 322 g/mol. The summed E-state index contributed by atoms with van der Waals surface area (Å²) in [5.74, 6) is -2.68. The number of nitrogens with one attached hydrogen (secondary N) is 1. The highest BCUT2D eigenvalue weighted by atomic mass is 16.5. The molecule has 0 aromatic heterocycles. The first-order valence-electron chi connectivity index (χ1n) is 7.83. The summed E-state index contributed by atoms with van der Waals surface area (Å²) in [6.45, 7) is 3.01. The van der Waals surface area contributed by atoms with Gasteiger partial charge in [-0.3, -0.25) is 0 Å². The summed E-state index contributed by atoms with van der Waals surface area (Å²) in [7, 11) is 1.97. The third-order valence-corrected chi connectivity index (χ3v) is 3.37. The van der Waals surface area contributed by atoms with E-state index in [0.29, 0.717) is 0 Å². The average molecular weight is 345 g/mol. The molecule has 1 atom stereocenters. The number of ether oxygens (including phenoxy) is 1. The zero-order valence-electron chi connectivity index (χ0n) is 14.3. The molecule has 3 N–H and O–H groups in total. The summed E-state index contributed by atoms with van der Waals surface area (Å²) in [6.07, 6.45) is 1.05. The predicted molar refractivity (Wildman–Crippen MR) is 94.8 cm³/mol. The maximum Gasteiger partial charge on any atom is 0.414 e. The van der Waals surface area contributed by atoms with Crippen molar-refractivity contribution in [1.82, 2.24) is 5.32 Å². The van der Waals surface area contributed by atoms with Gasteiger partial charge in [-0.15, -0.1) is 0 Å². The molecule has 6 nitrogen and oxygen atoms in total. The number of hydrogen-bond acceptors (Lipinski definition) is 4. The molecule has 25 heavy (non-hydrogen) atoms. The van der Waals surface area contributed by atoms with Crippen molar-refractivity contribution < 1.29 is 24.5 Å². The van der Waals surface area contributed by atoms with Crippen LogP contribution >= 0.6 is 0 Å². The van der Waals surface area contributed by atoms with Gasteiger partial charge in [-0.25, -0.2) is 9.59 Å². The molecule has 2 aromatic carbocycles. The third kappa shape index (κ3) is 7.50. The molecule has 0 heterocycles.